The Bertz CT molecular complexity index is 313. The fourth-order valence-corrected chi connectivity index (χ4v) is 2.31. The van der Waals surface area contributed by atoms with Crippen LogP contribution in [0.1, 0.15) is 45.6 Å². The van der Waals surface area contributed by atoms with Crippen LogP contribution in [0.15, 0.2) is 24.5 Å². The van der Waals surface area contributed by atoms with Gasteiger partial charge in [0.25, 0.3) is 0 Å². The van der Waals surface area contributed by atoms with Crippen molar-refractivity contribution in [2.24, 2.45) is 0 Å². The molecule has 1 heterocycles. The van der Waals surface area contributed by atoms with E-state index in [2.05, 4.69) is 48.1 Å². The van der Waals surface area contributed by atoms with Gasteiger partial charge in [0.1, 0.15) is 0 Å². The van der Waals surface area contributed by atoms with Crippen molar-refractivity contribution in [3.05, 3.63) is 30.1 Å². The standard InChI is InChI=1S/C16H29N3/c1-4-10-17-11-6-7-15(3)19(5-2)14-16-8-12-18-13-9-16/h8-9,12-13,15,17H,4-7,10-11,14H2,1-3H3. The van der Waals surface area contributed by atoms with Crippen molar-refractivity contribution < 1.29 is 0 Å². The first kappa shape index (κ1) is 16.1. The smallest absolute Gasteiger partial charge is 0.0271 e. The van der Waals surface area contributed by atoms with E-state index in [0.29, 0.717) is 6.04 Å². The first-order valence-corrected chi connectivity index (χ1v) is 7.61. The van der Waals surface area contributed by atoms with Gasteiger partial charge in [0.2, 0.25) is 0 Å². The lowest BCUT2D eigenvalue weighted by atomic mass is 10.1. The van der Waals surface area contributed by atoms with E-state index in [-0.39, 0.29) is 0 Å². The maximum atomic E-state index is 4.07. The molecule has 0 bridgehead atoms. The molecule has 3 nitrogen and oxygen atoms in total. The summed E-state index contributed by atoms with van der Waals surface area (Å²) >= 11 is 0. The molecular weight excluding hydrogens is 234 g/mol. The molecule has 0 aliphatic heterocycles. The minimum absolute atomic E-state index is 0.640. The Labute approximate surface area is 118 Å². The van der Waals surface area contributed by atoms with Crippen LogP contribution in [0.2, 0.25) is 0 Å². The second kappa shape index (κ2) is 9.93. The molecule has 1 unspecified atom stereocenters. The maximum Gasteiger partial charge on any atom is 0.0271 e. The van der Waals surface area contributed by atoms with Crippen LogP contribution in [0, 0.1) is 0 Å². The molecule has 108 valence electrons. The third-order valence-corrected chi connectivity index (χ3v) is 3.57. The van der Waals surface area contributed by atoms with Gasteiger partial charge in [-0.15, -0.1) is 0 Å². The predicted octanol–water partition coefficient (Wildman–Crippen LogP) is 3.07. The van der Waals surface area contributed by atoms with E-state index in [4.69, 9.17) is 0 Å². The maximum absolute atomic E-state index is 4.07. The van der Waals surface area contributed by atoms with E-state index in [1.54, 1.807) is 0 Å². The highest BCUT2D eigenvalue weighted by Crippen LogP contribution is 2.11. The summed E-state index contributed by atoms with van der Waals surface area (Å²) < 4.78 is 0. The molecule has 3 heteroatoms. The van der Waals surface area contributed by atoms with Crippen LogP contribution in [0.4, 0.5) is 0 Å². The van der Waals surface area contributed by atoms with E-state index < -0.39 is 0 Å². The van der Waals surface area contributed by atoms with Crippen molar-refractivity contribution >= 4 is 0 Å². The summed E-state index contributed by atoms with van der Waals surface area (Å²) in [7, 11) is 0. The fraction of sp³-hybridized carbons (Fsp3) is 0.688. The molecule has 1 atom stereocenters. The average Bonchev–Trinajstić information content (AvgIpc) is 2.45. The van der Waals surface area contributed by atoms with Gasteiger partial charge in [-0.25, -0.2) is 0 Å². The lowest BCUT2D eigenvalue weighted by molar-refractivity contribution is 0.198. The number of nitrogens with one attached hydrogen (secondary N) is 1. The van der Waals surface area contributed by atoms with E-state index in [1.165, 1.54) is 24.8 Å². The van der Waals surface area contributed by atoms with Crippen molar-refractivity contribution in [3.8, 4) is 0 Å². The van der Waals surface area contributed by atoms with Crippen LogP contribution in [0.3, 0.4) is 0 Å². The monoisotopic (exact) mass is 263 g/mol. The van der Waals surface area contributed by atoms with Gasteiger partial charge < -0.3 is 5.32 Å². The second-order valence-electron chi connectivity index (χ2n) is 5.16. The largest absolute Gasteiger partial charge is 0.317 e. The number of hydrogen-bond acceptors (Lipinski definition) is 3. The van der Waals surface area contributed by atoms with E-state index in [0.717, 1.165) is 26.2 Å². The first-order valence-electron chi connectivity index (χ1n) is 7.61. The SMILES string of the molecule is CCCNCCCC(C)N(CC)Cc1ccncc1. The van der Waals surface area contributed by atoms with Crippen molar-refractivity contribution in [2.75, 3.05) is 19.6 Å². The summed E-state index contributed by atoms with van der Waals surface area (Å²) in [5.74, 6) is 0. The van der Waals surface area contributed by atoms with Crippen molar-refractivity contribution in [2.45, 2.75) is 52.6 Å². The highest BCUT2D eigenvalue weighted by atomic mass is 15.1. The number of rotatable bonds is 10. The summed E-state index contributed by atoms with van der Waals surface area (Å²) in [4.78, 5) is 6.61. The molecule has 1 N–H and O–H groups in total. The molecule has 19 heavy (non-hydrogen) atoms. The lowest BCUT2D eigenvalue weighted by Crippen LogP contribution is -2.33. The zero-order valence-corrected chi connectivity index (χ0v) is 12.7. The molecule has 0 saturated carbocycles. The fourth-order valence-electron chi connectivity index (χ4n) is 2.31. The van der Waals surface area contributed by atoms with Gasteiger partial charge in [0.15, 0.2) is 0 Å². The molecule has 0 fully saturated rings. The molecule has 1 aromatic rings. The Hall–Kier alpha value is -0.930. The number of aromatic nitrogens is 1. The Kier molecular flexibility index (Phi) is 8.43. The van der Waals surface area contributed by atoms with Gasteiger partial charge >= 0.3 is 0 Å². The molecule has 0 aliphatic carbocycles. The molecule has 0 amide bonds. The summed E-state index contributed by atoms with van der Waals surface area (Å²) in [6.07, 6.45) is 7.49. The topological polar surface area (TPSA) is 28.2 Å². The Morgan fingerprint density at radius 1 is 1.21 bits per heavy atom. The Morgan fingerprint density at radius 3 is 2.58 bits per heavy atom. The normalized spacial score (nSPS) is 12.8. The van der Waals surface area contributed by atoms with Crippen LogP contribution in [0.25, 0.3) is 0 Å². The number of hydrogen-bond donors (Lipinski definition) is 1. The Morgan fingerprint density at radius 2 is 1.95 bits per heavy atom. The van der Waals surface area contributed by atoms with E-state index in [9.17, 15) is 0 Å². The molecule has 0 spiro atoms. The van der Waals surface area contributed by atoms with Crippen molar-refractivity contribution in [1.82, 2.24) is 15.2 Å². The molecule has 0 aromatic carbocycles. The van der Waals surface area contributed by atoms with Gasteiger partial charge in [0.05, 0.1) is 0 Å². The summed E-state index contributed by atoms with van der Waals surface area (Å²) in [6.45, 7) is 11.2. The summed E-state index contributed by atoms with van der Waals surface area (Å²) in [5, 5.41) is 3.47. The van der Waals surface area contributed by atoms with Gasteiger partial charge in [-0.1, -0.05) is 13.8 Å². The first-order chi connectivity index (χ1) is 9.27. The average molecular weight is 263 g/mol. The highest BCUT2D eigenvalue weighted by molar-refractivity contribution is 5.09. The lowest BCUT2D eigenvalue weighted by Gasteiger charge is -2.28. The van der Waals surface area contributed by atoms with Crippen LogP contribution in [0.5, 0.6) is 0 Å². The van der Waals surface area contributed by atoms with Crippen LogP contribution < -0.4 is 5.32 Å². The predicted molar refractivity (Wildman–Crippen MR) is 82.2 cm³/mol. The molecule has 0 radical (unpaired) electrons. The van der Waals surface area contributed by atoms with Crippen LogP contribution in [-0.4, -0.2) is 35.6 Å². The second-order valence-corrected chi connectivity index (χ2v) is 5.16. The molecule has 1 rings (SSSR count). The van der Waals surface area contributed by atoms with Crippen LogP contribution >= 0.6 is 0 Å². The van der Waals surface area contributed by atoms with Crippen molar-refractivity contribution in [3.63, 3.8) is 0 Å². The number of pyridine rings is 1. The third kappa shape index (κ3) is 6.69. The summed E-state index contributed by atoms with van der Waals surface area (Å²) in [6, 6.07) is 4.86. The Balaban J connectivity index is 2.29. The van der Waals surface area contributed by atoms with Gasteiger partial charge in [-0.3, -0.25) is 9.88 Å². The molecular formula is C16H29N3. The van der Waals surface area contributed by atoms with Gasteiger partial charge in [-0.2, -0.15) is 0 Å². The van der Waals surface area contributed by atoms with E-state index >= 15 is 0 Å². The minimum Gasteiger partial charge on any atom is -0.317 e. The number of nitrogens with zero attached hydrogens (tertiary/aromatic N) is 2. The zero-order valence-electron chi connectivity index (χ0n) is 12.7. The molecule has 0 saturated heterocycles. The third-order valence-electron chi connectivity index (χ3n) is 3.57. The van der Waals surface area contributed by atoms with Gasteiger partial charge in [-0.05, 0) is 63.5 Å². The van der Waals surface area contributed by atoms with E-state index in [1.807, 2.05) is 12.4 Å². The highest BCUT2D eigenvalue weighted by Gasteiger charge is 2.11. The molecule has 0 aliphatic rings. The summed E-state index contributed by atoms with van der Waals surface area (Å²) in [5.41, 5.74) is 1.35. The van der Waals surface area contributed by atoms with Gasteiger partial charge in [0, 0.05) is 25.0 Å². The quantitative estimate of drug-likeness (QED) is 0.658. The molecule has 1 aromatic heterocycles. The zero-order chi connectivity index (χ0) is 13.9. The van der Waals surface area contributed by atoms with Crippen molar-refractivity contribution in [1.29, 1.82) is 0 Å². The minimum atomic E-state index is 0.640. The van der Waals surface area contributed by atoms with Crippen LogP contribution in [-0.2, 0) is 6.54 Å².